The molecule has 2 amide bonds. The van der Waals surface area contributed by atoms with Crippen LogP contribution in [0.4, 0.5) is 4.79 Å². The molecule has 0 saturated carbocycles. The fourth-order valence-corrected chi connectivity index (χ4v) is 2.28. The summed E-state index contributed by atoms with van der Waals surface area (Å²) in [4.78, 5) is 13.1. The van der Waals surface area contributed by atoms with E-state index in [-0.39, 0.29) is 6.03 Å². The fourth-order valence-electron chi connectivity index (χ4n) is 2.28. The molecule has 1 atom stereocenters. The van der Waals surface area contributed by atoms with Gasteiger partial charge in [0.1, 0.15) is 0 Å². The van der Waals surface area contributed by atoms with Crippen LogP contribution in [0.5, 0.6) is 0 Å². The molecule has 1 aliphatic rings. The highest BCUT2D eigenvalue weighted by Gasteiger charge is 2.22. The first kappa shape index (κ1) is 12.3. The normalized spacial score (nSPS) is 22.5. The third kappa shape index (κ3) is 4.08. The molecule has 0 aromatic rings. The van der Waals surface area contributed by atoms with Crippen LogP contribution in [0, 0.1) is 0 Å². The van der Waals surface area contributed by atoms with Crippen molar-refractivity contribution in [1.29, 1.82) is 0 Å². The summed E-state index contributed by atoms with van der Waals surface area (Å²) in [5.41, 5.74) is 5.40. The number of carbonyl (C=O) groups is 1. The number of rotatable bonds is 4. The number of carbonyl (C=O) groups excluding carboxylic acids is 1. The zero-order valence-corrected chi connectivity index (χ0v) is 9.67. The molecule has 1 rings (SSSR count). The second kappa shape index (κ2) is 6.67. The standard InChI is InChI=1S/C11H23N3O/c1-13-8-5-7-10-6-3-2-4-9-14(10)11(12)15/h10,13H,2-9H2,1H3,(H2,12,15). The maximum absolute atomic E-state index is 11.3. The Morgan fingerprint density at radius 2 is 2.27 bits per heavy atom. The summed E-state index contributed by atoms with van der Waals surface area (Å²) in [7, 11) is 1.96. The number of hydrogen-bond donors (Lipinski definition) is 2. The Balaban J connectivity index is 2.43. The second-order valence-electron chi connectivity index (χ2n) is 4.28. The van der Waals surface area contributed by atoms with Gasteiger partial charge in [-0.2, -0.15) is 0 Å². The first-order valence-corrected chi connectivity index (χ1v) is 5.96. The number of nitrogens with zero attached hydrogens (tertiary/aromatic N) is 1. The minimum atomic E-state index is -0.244. The number of hydrogen-bond acceptors (Lipinski definition) is 2. The van der Waals surface area contributed by atoms with E-state index in [0.29, 0.717) is 6.04 Å². The molecule has 0 aromatic carbocycles. The van der Waals surface area contributed by atoms with E-state index in [2.05, 4.69) is 5.32 Å². The summed E-state index contributed by atoms with van der Waals surface area (Å²) in [6, 6.07) is 0.129. The average molecular weight is 213 g/mol. The highest BCUT2D eigenvalue weighted by molar-refractivity contribution is 5.72. The number of amides is 2. The van der Waals surface area contributed by atoms with Gasteiger partial charge in [-0.15, -0.1) is 0 Å². The van der Waals surface area contributed by atoms with Gasteiger partial charge < -0.3 is 16.0 Å². The SMILES string of the molecule is CNCCCC1CCCCCN1C(N)=O. The summed E-state index contributed by atoms with van der Waals surface area (Å²) in [5, 5.41) is 3.13. The third-order valence-electron chi connectivity index (χ3n) is 3.12. The smallest absolute Gasteiger partial charge is 0.315 e. The van der Waals surface area contributed by atoms with E-state index in [1.54, 1.807) is 0 Å². The molecular formula is C11H23N3O. The van der Waals surface area contributed by atoms with E-state index in [9.17, 15) is 4.79 Å². The third-order valence-corrected chi connectivity index (χ3v) is 3.12. The Bertz CT molecular complexity index is 196. The van der Waals surface area contributed by atoms with E-state index in [0.717, 1.165) is 38.8 Å². The predicted molar refractivity (Wildman–Crippen MR) is 61.7 cm³/mol. The second-order valence-corrected chi connectivity index (χ2v) is 4.28. The van der Waals surface area contributed by atoms with Crippen LogP contribution in [-0.4, -0.2) is 37.1 Å². The molecule has 15 heavy (non-hydrogen) atoms. The van der Waals surface area contributed by atoms with Gasteiger partial charge >= 0.3 is 6.03 Å². The van der Waals surface area contributed by atoms with Crippen molar-refractivity contribution in [2.24, 2.45) is 5.73 Å². The lowest BCUT2D eigenvalue weighted by atomic mass is 10.0. The van der Waals surface area contributed by atoms with Crippen LogP contribution in [0.25, 0.3) is 0 Å². The molecule has 4 heteroatoms. The zero-order chi connectivity index (χ0) is 11.1. The van der Waals surface area contributed by atoms with Crippen LogP contribution in [0.2, 0.25) is 0 Å². The molecule has 0 radical (unpaired) electrons. The van der Waals surface area contributed by atoms with Gasteiger partial charge in [0.25, 0.3) is 0 Å². The molecule has 1 heterocycles. The number of primary amides is 1. The van der Waals surface area contributed by atoms with Gasteiger partial charge in [-0.05, 0) is 39.3 Å². The quantitative estimate of drug-likeness (QED) is 0.692. The maximum Gasteiger partial charge on any atom is 0.315 e. The van der Waals surface area contributed by atoms with E-state index < -0.39 is 0 Å². The lowest BCUT2D eigenvalue weighted by Gasteiger charge is -2.28. The van der Waals surface area contributed by atoms with Crippen molar-refractivity contribution in [3.63, 3.8) is 0 Å². The lowest BCUT2D eigenvalue weighted by molar-refractivity contribution is 0.180. The van der Waals surface area contributed by atoms with Crippen molar-refractivity contribution in [2.45, 2.75) is 44.6 Å². The summed E-state index contributed by atoms with van der Waals surface area (Å²) in [6.07, 6.45) is 6.87. The molecule has 1 unspecified atom stereocenters. The van der Waals surface area contributed by atoms with Crippen LogP contribution in [0.1, 0.15) is 38.5 Å². The van der Waals surface area contributed by atoms with Gasteiger partial charge in [-0.3, -0.25) is 0 Å². The Morgan fingerprint density at radius 1 is 1.47 bits per heavy atom. The van der Waals surface area contributed by atoms with Crippen LogP contribution in [-0.2, 0) is 0 Å². The first-order valence-electron chi connectivity index (χ1n) is 5.96. The summed E-state index contributed by atoms with van der Waals surface area (Å²) < 4.78 is 0. The topological polar surface area (TPSA) is 58.4 Å². The Kier molecular flexibility index (Phi) is 5.47. The maximum atomic E-state index is 11.3. The van der Waals surface area contributed by atoms with Crippen molar-refractivity contribution < 1.29 is 4.79 Å². The van der Waals surface area contributed by atoms with E-state index in [1.165, 1.54) is 12.8 Å². The van der Waals surface area contributed by atoms with Crippen molar-refractivity contribution in [1.82, 2.24) is 10.2 Å². The minimum absolute atomic E-state index is 0.244. The largest absolute Gasteiger partial charge is 0.351 e. The minimum Gasteiger partial charge on any atom is -0.351 e. The summed E-state index contributed by atoms with van der Waals surface area (Å²) in [5.74, 6) is 0. The number of urea groups is 1. The molecule has 3 N–H and O–H groups in total. The molecule has 0 bridgehead atoms. The van der Waals surface area contributed by atoms with Crippen LogP contribution >= 0.6 is 0 Å². The highest BCUT2D eigenvalue weighted by atomic mass is 16.2. The Labute approximate surface area is 92.2 Å². The molecule has 0 aliphatic carbocycles. The van der Waals surface area contributed by atoms with Crippen molar-refractivity contribution in [3.8, 4) is 0 Å². The molecule has 0 spiro atoms. The van der Waals surface area contributed by atoms with Gasteiger partial charge in [-0.1, -0.05) is 12.8 Å². The number of nitrogens with one attached hydrogen (secondary N) is 1. The monoisotopic (exact) mass is 213 g/mol. The lowest BCUT2D eigenvalue weighted by Crippen LogP contribution is -2.43. The van der Waals surface area contributed by atoms with Crippen molar-refractivity contribution in [2.75, 3.05) is 20.1 Å². The van der Waals surface area contributed by atoms with E-state index >= 15 is 0 Å². The van der Waals surface area contributed by atoms with Gasteiger partial charge in [0.15, 0.2) is 0 Å². The summed E-state index contributed by atoms with van der Waals surface area (Å²) in [6.45, 7) is 1.86. The molecule has 4 nitrogen and oxygen atoms in total. The van der Waals surface area contributed by atoms with Crippen LogP contribution in [0.15, 0.2) is 0 Å². The summed E-state index contributed by atoms with van der Waals surface area (Å²) >= 11 is 0. The highest BCUT2D eigenvalue weighted by Crippen LogP contribution is 2.19. The molecule has 1 fully saturated rings. The van der Waals surface area contributed by atoms with Crippen LogP contribution in [0.3, 0.4) is 0 Å². The molecule has 1 aliphatic heterocycles. The molecule has 1 saturated heterocycles. The van der Waals surface area contributed by atoms with Crippen LogP contribution < -0.4 is 11.1 Å². The molecule has 0 aromatic heterocycles. The van der Waals surface area contributed by atoms with Gasteiger partial charge in [0, 0.05) is 12.6 Å². The number of likely N-dealkylation sites (tertiary alicyclic amines) is 1. The fraction of sp³-hybridized carbons (Fsp3) is 0.909. The van der Waals surface area contributed by atoms with Crippen molar-refractivity contribution >= 4 is 6.03 Å². The first-order chi connectivity index (χ1) is 7.25. The van der Waals surface area contributed by atoms with Gasteiger partial charge in [0.2, 0.25) is 0 Å². The van der Waals surface area contributed by atoms with E-state index in [4.69, 9.17) is 5.73 Å². The zero-order valence-electron chi connectivity index (χ0n) is 9.67. The Morgan fingerprint density at radius 3 is 2.93 bits per heavy atom. The number of nitrogens with two attached hydrogens (primary N) is 1. The Hall–Kier alpha value is -0.770. The predicted octanol–water partition coefficient (Wildman–Crippen LogP) is 1.31. The van der Waals surface area contributed by atoms with E-state index in [1.807, 2.05) is 11.9 Å². The molecular weight excluding hydrogens is 190 g/mol. The average Bonchev–Trinajstić information content (AvgIpc) is 2.43. The van der Waals surface area contributed by atoms with Gasteiger partial charge in [0.05, 0.1) is 0 Å². The molecule has 88 valence electrons. The van der Waals surface area contributed by atoms with Gasteiger partial charge in [-0.25, -0.2) is 4.79 Å². The van der Waals surface area contributed by atoms with Crippen molar-refractivity contribution in [3.05, 3.63) is 0 Å².